The van der Waals surface area contributed by atoms with E-state index in [-0.39, 0.29) is 5.84 Å². The van der Waals surface area contributed by atoms with Gasteiger partial charge in [0.05, 0.1) is 0 Å². The van der Waals surface area contributed by atoms with Gasteiger partial charge >= 0.3 is 0 Å². The van der Waals surface area contributed by atoms with Crippen molar-refractivity contribution in [2.24, 2.45) is 10.9 Å². The Balaban J connectivity index is 2.18. The summed E-state index contributed by atoms with van der Waals surface area (Å²) in [5.41, 5.74) is 7.41. The van der Waals surface area contributed by atoms with Crippen LogP contribution in [0.5, 0.6) is 0 Å². The van der Waals surface area contributed by atoms with Gasteiger partial charge in [0.1, 0.15) is 5.82 Å². The summed E-state index contributed by atoms with van der Waals surface area (Å²) in [5.74, 6) is -0.551. The van der Waals surface area contributed by atoms with Crippen LogP contribution in [-0.4, -0.2) is 11.0 Å². The van der Waals surface area contributed by atoms with Crippen LogP contribution in [0.4, 0.5) is 10.1 Å². The highest BCUT2D eigenvalue weighted by Gasteiger charge is 2.05. The summed E-state index contributed by atoms with van der Waals surface area (Å²) in [7, 11) is 0. The van der Waals surface area contributed by atoms with E-state index in [0.717, 1.165) is 10.2 Å². The summed E-state index contributed by atoms with van der Waals surface area (Å²) in [5, 5.41) is 14.7. The van der Waals surface area contributed by atoms with Crippen LogP contribution in [0.25, 0.3) is 0 Å². The van der Waals surface area contributed by atoms with Crippen LogP contribution in [0, 0.1) is 5.82 Å². The zero-order valence-electron chi connectivity index (χ0n) is 10.5. The first kappa shape index (κ1) is 14.3. The van der Waals surface area contributed by atoms with Crippen molar-refractivity contribution in [1.82, 2.24) is 0 Å². The molecule has 4 nitrogen and oxygen atoms in total. The molecular weight excluding hydrogens is 325 g/mol. The fourth-order valence-corrected chi connectivity index (χ4v) is 2.18. The molecule has 4 N–H and O–H groups in total. The largest absolute Gasteiger partial charge is 0.409 e. The molecule has 2 aromatic rings. The number of amidine groups is 1. The van der Waals surface area contributed by atoms with Gasteiger partial charge in [-0.1, -0.05) is 17.3 Å². The third kappa shape index (κ3) is 3.48. The molecule has 20 heavy (non-hydrogen) atoms. The molecule has 0 aromatic heterocycles. The Labute approximate surface area is 124 Å². The lowest BCUT2D eigenvalue weighted by molar-refractivity contribution is 0.318. The standard InChI is InChI=1S/C14H13BrFN3O/c15-12-3-1-2-4-13(12)18-8-9-5-10(14(17)19-20)7-11(16)6-9/h1-7,18,20H,8H2,(H2,17,19). The molecule has 0 atom stereocenters. The van der Waals surface area contributed by atoms with E-state index >= 15 is 0 Å². The third-order valence-corrected chi connectivity index (χ3v) is 3.41. The minimum atomic E-state index is -0.432. The Bertz CT molecular complexity index is 646. The highest BCUT2D eigenvalue weighted by Crippen LogP contribution is 2.22. The maximum atomic E-state index is 13.5. The SMILES string of the molecule is N/C(=N/O)c1cc(F)cc(CNc2ccccc2Br)c1. The number of nitrogens with zero attached hydrogens (tertiary/aromatic N) is 1. The first-order chi connectivity index (χ1) is 9.60. The molecule has 0 aliphatic heterocycles. The summed E-state index contributed by atoms with van der Waals surface area (Å²) >= 11 is 3.42. The van der Waals surface area contributed by atoms with Crippen LogP contribution in [0.15, 0.2) is 52.1 Å². The molecule has 0 radical (unpaired) electrons. The molecule has 2 aromatic carbocycles. The van der Waals surface area contributed by atoms with Gasteiger partial charge in [0, 0.05) is 22.3 Å². The Kier molecular flexibility index (Phi) is 4.57. The van der Waals surface area contributed by atoms with E-state index in [4.69, 9.17) is 10.9 Å². The van der Waals surface area contributed by atoms with Crippen LogP contribution in [0.3, 0.4) is 0 Å². The van der Waals surface area contributed by atoms with Gasteiger partial charge in [0.2, 0.25) is 0 Å². The Morgan fingerprint density at radius 1 is 1.30 bits per heavy atom. The second kappa shape index (κ2) is 6.38. The zero-order chi connectivity index (χ0) is 14.5. The molecule has 6 heteroatoms. The third-order valence-electron chi connectivity index (χ3n) is 2.72. The van der Waals surface area contributed by atoms with E-state index in [0.29, 0.717) is 17.7 Å². The number of halogens is 2. The minimum absolute atomic E-state index is 0.119. The predicted molar refractivity (Wildman–Crippen MR) is 80.4 cm³/mol. The van der Waals surface area contributed by atoms with Crippen LogP contribution in [0.1, 0.15) is 11.1 Å². The summed E-state index contributed by atoms with van der Waals surface area (Å²) < 4.78 is 14.4. The number of oxime groups is 1. The Morgan fingerprint density at radius 2 is 2.05 bits per heavy atom. The zero-order valence-corrected chi connectivity index (χ0v) is 12.1. The average molecular weight is 338 g/mol. The van der Waals surface area contributed by atoms with Crippen molar-refractivity contribution < 1.29 is 9.60 Å². The highest BCUT2D eigenvalue weighted by atomic mass is 79.9. The number of hydrogen-bond acceptors (Lipinski definition) is 3. The van der Waals surface area contributed by atoms with Crippen molar-refractivity contribution in [2.75, 3.05) is 5.32 Å². The van der Waals surface area contributed by atoms with E-state index in [9.17, 15) is 4.39 Å². The minimum Gasteiger partial charge on any atom is -0.409 e. The summed E-state index contributed by atoms with van der Waals surface area (Å²) in [4.78, 5) is 0. The highest BCUT2D eigenvalue weighted by molar-refractivity contribution is 9.10. The number of para-hydroxylation sites is 1. The maximum Gasteiger partial charge on any atom is 0.170 e. The van der Waals surface area contributed by atoms with Gasteiger partial charge in [-0.2, -0.15) is 0 Å². The van der Waals surface area contributed by atoms with Gasteiger partial charge < -0.3 is 16.3 Å². The molecule has 0 saturated heterocycles. The number of anilines is 1. The van der Waals surface area contributed by atoms with Crippen molar-refractivity contribution in [2.45, 2.75) is 6.54 Å². The maximum absolute atomic E-state index is 13.5. The van der Waals surface area contributed by atoms with E-state index in [1.807, 2.05) is 24.3 Å². The molecule has 0 aliphatic rings. The lowest BCUT2D eigenvalue weighted by atomic mass is 10.1. The van der Waals surface area contributed by atoms with Gasteiger partial charge in [0.15, 0.2) is 5.84 Å². The normalized spacial score (nSPS) is 11.4. The Morgan fingerprint density at radius 3 is 2.75 bits per heavy atom. The van der Waals surface area contributed by atoms with E-state index < -0.39 is 5.82 Å². The molecule has 0 unspecified atom stereocenters. The van der Waals surface area contributed by atoms with Gasteiger partial charge in [-0.05, 0) is 51.8 Å². The van der Waals surface area contributed by atoms with E-state index in [1.165, 1.54) is 12.1 Å². The number of nitrogens with one attached hydrogen (secondary N) is 1. The van der Waals surface area contributed by atoms with E-state index in [2.05, 4.69) is 26.4 Å². The van der Waals surface area contributed by atoms with Gasteiger partial charge in [-0.3, -0.25) is 0 Å². The van der Waals surface area contributed by atoms with Crippen LogP contribution >= 0.6 is 15.9 Å². The van der Waals surface area contributed by atoms with Crippen molar-refractivity contribution in [3.8, 4) is 0 Å². The predicted octanol–water partition coefficient (Wildman–Crippen LogP) is 3.29. The van der Waals surface area contributed by atoms with Crippen molar-refractivity contribution in [3.63, 3.8) is 0 Å². The lowest BCUT2D eigenvalue weighted by Gasteiger charge is -2.10. The van der Waals surface area contributed by atoms with Crippen LogP contribution in [0.2, 0.25) is 0 Å². The quantitative estimate of drug-likeness (QED) is 0.347. The number of rotatable bonds is 4. The fraction of sp³-hybridized carbons (Fsp3) is 0.0714. The van der Waals surface area contributed by atoms with Crippen molar-refractivity contribution >= 4 is 27.5 Å². The summed E-state index contributed by atoms with van der Waals surface area (Å²) in [6.45, 7) is 0.423. The number of hydrogen-bond donors (Lipinski definition) is 3. The van der Waals surface area contributed by atoms with Gasteiger partial charge in [-0.15, -0.1) is 0 Å². The van der Waals surface area contributed by atoms with E-state index in [1.54, 1.807) is 6.07 Å². The molecule has 0 saturated carbocycles. The van der Waals surface area contributed by atoms with Crippen LogP contribution in [-0.2, 0) is 6.54 Å². The van der Waals surface area contributed by atoms with Gasteiger partial charge in [0.25, 0.3) is 0 Å². The average Bonchev–Trinajstić information content (AvgIpc) is 2.45. The first-order valence-electron chi connectivity index (χ1n) is 5.86. The molecule has 0 heterocycles. The topological polar surface area (TPSA) is 70.6 Å². The first-order valence-corrected chi connectivity index (χ1v) is 6.65. The molecule has 0 amide bonds. The lowest BCUT2D eigenvalue weighted by Crippen LogP contribution is -2.14. The fourth-order valence-electron chi connectivity index (χ4n) is 1.76. The summed E-state index contributed by atoms with van der Waals surface area (Å²) in [6, 6.07) is 11.9. The Hall–Kier alpha value is -2.08. The van der Waals surface area contributed by atoms with Crippen LogP contribution < -0.4 is 11.1 Å². The molecule has 0 bridgehead atoms. The van der Waals surface area contributed by atoms with Crippen molar-refractivity contribution in [1.29, 1.82) is 0 Å². The molecule has 0 spiro atoms. The monoisotopic (exact) mass is 337 g/mol. The molecular formula is C14H13BrFN3O. The molecule has 0 aliphatic carbocycles. The molecule has 0 fully saturated rings. The second-order valence-corrected chi connectivity index (χ2v) is 5.02. The van der Waals surface area contributed by atoms with Gasteiger partial charge in [-0.25, -0.2) is 4.39 Å². The summed E-state index contributed by atoms with van der Waals surface area (Å²) in [6.07, 6.45) is 0. The molecule has 104 valence electrons. The smallest absolute Gasteiger partial charge is 0.170 e. The molecule has 2 rings (SSSR count). The second-order valence-electron chi connectivity index (χ2n) is 4.17. The number of nitrogens with two attached hydrogens (primary N) is 1. The van der Waals surface area contributed by atoms with Crippen molar-refractivity contribution in [3.05, 3.63) is 63.9 Å². The number of benzene rings is 2.